The number of allylic oxidation sites excluding steroid dienone is 4. The lowest BCUT2D eigenvalue weighted by Gasteiger charge is -2.37. The molecule has 0 heterocycles. The molecule has 3 unspecified atom stereocenters. The molecular formula is C107H154N6O12+6. The van der Waals surface area contributed by atoms with Gasteiger partial charge in [-0.05, 0) is 174 Å². The predicted molar refractivity (Wildman–Crippen MR) is 511 cm³/mol. The summed E-state index contributed by atoms with van der Waals surface area (Å²) in [7, 11) is 12.5. The number of carbonyl (C=O) groups is 6. The van der Waals surface area contributed by atoms with Gasteiger partial charge in [-0.2, -0.15) is 0 Å². The van der Waals surface area contributed by atoms with E-state index in [0.717, 1.165) is 219 Å². The van der Waals surface area contributed by atoms with Gasteiger partial charge in [-0.1, -0.05) is 228 Å². The number of carbonyl (C=O) groups excluding carboxylic acids is 6. The van der Waals surface area contributed by atoms with Crippen LogP contribution >= 0.6 is 0 Å². The van der Waals surface area contributed by atoms with E-state index < -0.39 is 0 Å². The number of unbranched alkanes of at least 4 members (excludes halogenated alkanes) is 1. The summed E-state index contributed by atoms with van der Waals surface area (Å²) in [5.41, 5.74) is 16.3. The SMILES string of the molecule is CCCC[N+](CC)(CCC)CCOC(=O)C1=CCc2ccccc21.CCC[N+](CC)(CCC)CCOC(=O)C1=CCc2ccccc21.CC[N+](CC)(CC)CCOC(=O)C1=CCc2ccccc21.CC[N+](CC)(CC)CCOC(=O)C1C=Cc2ccccc21.C[N+](C)(C)CCOC(=O)C1=CCc2ccccc21.C[N+](C)(C)CCOC(=O)C1C=Cc2ccccc21. The number of rotatable bonds is 41. The zero-order chi connectivity index (χ0) is 91.1. The molecule has 0 aromatic heterocycles. The van der Waals surface area contributed by atoms with Crippen molar-refractivity contribution in [2.75, 3.05) is 200 Å². The van der Waals surface area contributed by atoms with Gasteiger partial charge >= 0.3 is 35.8 Å². The predicted octanol–water partition coefficient (Wildman–Crippen LogP) is 18.2. The van der Waals surface area contributed by atoms with Crippen LogP contribution in [0, 0.1) is 0 Å². The van der Waals surface area contributed by atoms with Crippen LogP contribution in [0.15, 0.2) is 182 Å². The maximum Gasteiger partial charge on any atom is 0.338 e. The molecular weight excluding hydrogens is 1560 g/mol. The first kappa shape index (κ1) is 102. The number of quaternary nitrogens is 6. The third-order valence-electron chi connectivity index (χ3n) is 26.0. The second kappa shape index (κ2) is 51.2. The molecule has 3 atom stereocenters. The molecule has 6 aromatic carbocycles. The van der Waals surface area contributed by atoms with Gasteiger partial charge in [-0.3, -0.25) is 9.59 Å². The van der Waals surface area contributed by atoms with E-state index in [9.17, 15) is 28.8 Å². The van der Waals surface area contributed by atoms with E-state index in [1.54, 1.807) is 0 Å². The smallest absolute Gasteiger partial charge is 0.338 e. The molecule has 6 aromatic rings. The summed E-state index contributed by atoms with van der Waals surface area (Å²) in [6.07, 6.45) is 25.1. The first-order valence-electron chi connectivity index (χ1n) is 46.8. The molecule has 0 radical (unpaired) electrons. The van der Waals surface area contributed by atoms with Gasteiger partial charge in [0.25, 0.3) is 0 Å². The van der Waals surface area contributed by atoms with Crippen LogP contribution in [0.25, 0.3) is 34.4 Å². The van der Waals surface area contributed by atoms with Gasteiger partial charge < -0.3 is 55.3 Å². The van der Waals surface area contributed by atoms with Crippen molar-refractivity contribution >= 4 is 70.3 Å². The minimum Gasteiger partial charge on any atom is -0.459 e. The number of esters is 6. The Morgan fingerprint density at radius 2 is 0.528 bits per heavy atom. The second-order valence-corrected chi connectivity index (χ2v) is 35.8. The topological polar surface area (TPSA) is 158 Å². The van der Waals surface area contributed by atoms with Crippen molar-refractivity contribution in [2.24, 2.45) is 0 Å². The number of fused-ring (bicyclic) bond motifs is 6. The highest BCUT2D eigenvalue weighted by atomic mass is 16.6. The Morgan fingerprint density at radius 3 is 0.808 bits per heavy atom. The lowest BCUT2D eigenvalue weighted by atomic mass is 10.0. The summed E-state index contributed by atoms with van der Waals surface area (Å²) in [4.78, 5) is 73.4. The van der Waals surface area contributed by atoms with Gasteiger partial charge in [0.2, 0.25) is 0 Å². The van der Waals surface area contributed by atoms with Crippen molar-refractivity contribution in [3.8, 4) is 0 Å². The van der Waals surface area contributed by atoms with E-state index in [1.165, 1.54) is 67.4 Å². The Hall–Kier alpha value is -9.66. The fourth-order valence-electron chi connectivity index (χ4n) is 17.3. The molecule has 0 N–H and O–H groups in total. The van der Waals surface area contributed by atoms with Crippen LogP contribution in [0.2, 0.25) is 0 Å². The molecule has 125 heavy (non-hydrogen) atoms. The Kier molecular flexibility index (Phi) is 42.0. The largest absolute Gasteiger partial charge is 0.459 e. The van der Waals surface area contributed by atoms with Crippen LogP contribution < -0.4 is 0 Å². The van der Waals surface area contributed by atoms with Gasteiger partial charge in [0.05, 0.1) is 143 Å². The van der Waals surface area contributed by atoms with E-state index >= 15 is 0 Å². The van der Waals surface area contributed by atoms with Crippen LogP contribution in [0.5, 0.6) is 0 Å². The molecule has 0 aliphatic heterocycles. The van der Waals surface area contributed by atoms with Crippen LogP contribution in [0.1, 0.15) is 194 Å². The number of ether oxygens (including phenoxy) is 6. The number of benzene rings is 6. The van der Waals surface area contributed by atoms with Crippen molar-refractivity contribution < 1.29 is 84.1 Å². The van der Waals surface area contributed by atoms with Gasteiger partial charge in [-0.25, -0.2) is 19.2 Å². The zero-order valence-electron chi connectivity index (χ0n) is 79.5. The van der Waals surface area contributed by atoms with Crippen molar-refractivity contribution in [1.29, 1.82) is 0 Å². The van der Waals surface area contributed by atoms with Crippen molar-refractivity contribution in [1.82, 2.24) is 0 Å². The minimum atomic E-state index is -0.229. The summed E-state index contributed by atoms with van der Waals surface area (Å²) >= 11 is 0. The minimum absolute atomic E-state index is 0.127. The first-order chi connectivity index (χ1) is 60.1. The van der Waals surface area contributed by atoms with E-state index in [0.29, 0.717) is 45.2 Å². The highest BCUT2D eigenvalue weighted by Gasteiger charge is 2.33. The monoisotopic (exact) mass is 1720 g/mol. The molecule has 6 aliphatic rings. The molecule has 18 heteroatoms. The van der Waals surface area contributed by atoms with E-state index in [-0.39, 0.29) is 47.7 Å². The quantitative estimate of drug-likeness (QED) is 0.0204. The number of hydrogen-bond acceptors (Lipinski definition) is 12. The molecule has 0 saturated carbocycles. The Balaban J connectivity index is 0.000000206. The highest BCUT2D eigenvalue weighted by molar-refractivity contribution is 6.20. The first-order valence-corrected chi connectivity index (χ1v) is 46.8. The van der Waals surface area contributed by atoms with Crippen LogP contribution in [-0.4, -0.2) is 262 Å². The van der Waals surface area contributed by atoms with Gasteiger partial charge in [-0.15, -0.1) is 0 Å². The number of likely N-dealkylation sites (N-methyl/N-ethyl adjacent to an activating group) is 6. The molecule has 0 fully saturated rings. The third kappa shape index (κ3) is 30.5. The highest BCUT2D eigenvalue weighted by Crippen LogP contribution is 2.35. The molecule has 6 aliphatic carbocycles. The third-order valence-corrected chi connectivity index (χ3v) is 26.0. The molecule has 0 bridgehead atoms. The lowest BCUT2D eigenvalue weighted by molar-refractivity contribution is -0.926. The Labute approximate surface area is 751 Å². The van der Waals surface area contributed by atoms with E-state index in [1.807, 2.05) is 170 Å². The maximum absolute atomic E-state index is 12.5. The molecule has 678 valence electrons. The number of nitrogens with zero attached hydrogens (tertiary/aromatic N) is 6. The standard InChI is InChI=1S/C21H32NO2.C20H30NO2.2C18H26NO2.2C15H20NO2/c1-4-7-15-22(6-3,14-5-2)16-17-24-21(23)20-13-12-18-10-8-9-11-19(18)20;1-4-13-21(6-3,14-5-2)15-16-23-20(22)19-12-11-17-9-7-8-10-18(17)19;2*1-4-19(5-2,6-3)13-14-21-18(20)17-12-11-15-9-7-8-10-16(15)17;2*1-16(2,3)10-11-18-15(17)14-9-8-12-6-4-5-7-13(12)14/h8-11,13H,4-7,12,14-17H2,1-3H3;7-10,12H,4-6,11,13-16H2,1-3H3;7-10,12H,4-6,11,13-14H2,1-3H3;7-12,17H,4-6,13-14H2,1-3H3;4-7,9H,8,10-11H2,1-3H3;4-9,14H,10-11H2,1-3H3/q6*+1. The Bertz CT molecular complexity index is 4620. The zero-order valence-corrected chi connectivity index (χ0v) is 79.5. The van der Waals surface area contributed by atoms with Gasteiger partial charge in [0, 0.05) is 0 Å². The maximum atomic E-state index is 12.5. The fourth-order valence-corrected chi connectivity index (χ4v) is 17.3. The van der Waals surface area contributed by atoms with Crippen molar-refractivity contribution in [3.63, 3.8) is 0 Å². The fraction of sp³-hybridized carbons (Fsp3) is 0.495. The van der Waals surface area contributed by atoms with Crippen LogP contribution in [-0.2, 0) is 82.9 Å². The summed E-state index contributed by atoms with van der Waals surface area (Å²) < 4.78 is 38.7. The molecule has 0 saturated heterocycles. The van der Waals surface area contributed by atoms with E-state index in [2.05, 4.69) is 150 Å². The summed E-state index contributed by atoms with van der Waals surface area (Å²) in [6.45, 7) is 48.2. The average molecular weight is 1720 g/mol. The molecule has 18 nitrogen and oxygen atoms in total. The van der Waals surface area contributed by atoms with Gasteiger partial charge in [0.1, 0.15) is 90.7 Å². The second-order valence-electron chi connectivity index (χ2n) is 35.8. The van der Waals surface area contributed by atoms with Gasteiger partial charge in [0.15, 0.2) is 0 Å². The average Bonchev–Trinajstić information content (AvgIpc) is 1.71. The summed E-state index contributed by atoms with van der Waals surface area (Å²) in [5.74, 6) is -1.45. The number of hydrogen-bond donors (Lipinski definition) is 0. The summed E-state index contributed by atoms with van der Waals surface area (Å²) in [6, 6.07) is 48.2. The molecule has 0 spiro atoms. The van der Waals surface area contributed by atoms with Crippen molar-refractivity contribution in [2.45, 2.75) is 153 Å². The van der Waals surface area contributed by atoms with E-state index in [4.69, 9.17) is 28.4 Å². The van der Waals surface area contributed by atoms with Crippen molar-refractivity contribution in [3.05, 3.63) is 249 Å². The molecule has 12 rings (SSSR count). The summed E-state index contributed by atoms with van der Waals surface area (Å²) in [5, 5.41) is 0. The van der Waals surface area contributed by atoms with Crippen LogP contribution in [0.4, 0.5) is 0 Å². The Morgan fingerprint density at radius 1 is 0.280 bits per heavy atom. The van der Waals surface area contributed by atoms with Crippen LogP contribution in [0.3, 0.4) is 0 Å². The molecule has 0 amide bonds. The normalized spacial score (nSPS) is 15.2. The lowest BCUT2D eigenvalue weighted by Crippen LogP contribution is -2.51.